The molecule has 1 amide bonds. The number of ether oxygens (including phenoxy) is 1. The molecule has 0 aliphatic carbocycles. The predicted octanol–water partition coefficient (Wildman–Crippen LogP) is 1.16. The highest BCUT2D eigenvalue weighted by Gasteiger charge is 2.05. The molecule has 19 heavy (non-hydrogen) atoms. The summed E-state index contributed by atoms with van der Waals surface area (Å²) < 4.78 is 18.3. The van der Waals surface area contributed by atoms with Gasteiger partial charge in [-0.15, -0.1) is 0 Å². The van der Waals surface area contributed by atoms with Crippen LogP contribution in [0.25, 0.3) is 0 Å². The number of halogens is 1. The maximum atomic E-state index is 12.9. The van der Waals surface area contributed by atoms with E-state index in [9.17, 15) is 9.18 Å². The summed E-state index contributed by atoms with van der Waals surface area (Å²) >= 11 is 0. The van der Waals surface area contributed by atoms with E-state index < -0.39 is 0 Å². The normalized spacial score (nSPS) is 10.2. The number of nitrogens with one attached hydrogen (secondary N) is 2. The Morgan fingerprint density at radius 1 is 1.53 bits per heavy atom. The van der Waals surface area contributed by atoms with Crippen LogP contribution >= 0.6 is 0 Å². The predicted molar refractivity (Wildman–Crippen MR) is 64.6 cm³/mol. The molecule has 1 aromatic carbocycles. The monoisotopic (exact) mass is 264 g/mol. The second-order valence-electron chi connectivity index (χ2n) is 3.85. The first-order valence-corrected chi connectivity index (χ1v) is 5.66. The summed E-state index contributed by atoms with van der Waals surface area (Å²) in [4.78, 5) is 14.8. The van der Waals surface area contributed by atoms with Crippen LogP contribution < -0.4 is 10.1 Å². The number of hydrogen-bond donors (Lipinski definition) is 2. The minimum absolute atomic E-state index is 0.149. The van der Waals surface area contributed by atoms with Crippen LogP contribution in [-0.2, 0) is 17.9 Å². The number of aromatic amines is 1. The molecule has 0 aliphatic heterocycles. The van der Waals surface area contributed by atoms with Gasteiger partial charge in [0.25, 0.3) is 0 Å². The van der Waals surface area contributed by atoms with Gasteiger partial charge in [-0.05, 0) is 12.1 Å². The number of nitrogens with zero attached hydrogens (tertiary/aromatic N) is 2. The summed E-state index contributed by atoms with van der Waals surface area (Å²) in [7, 11) is 0. The van der Waals surface area contributed by atoms with Crippen molar-refractivity contribution in [3.8, 4) is 5.75 Å². The average molecular weight is 264 g/mol. The molecule has 6 nitrogen and oxygen atoms in total. The molecule has 0 spiro atoms. The van der Waals surface area contributed by atoms with Gasteiger partial charge in [0.15, 0.2) is 11.6 Å². The topological polar surface area (TPSA) is 79.9 Å². The minimum Gasteiger partial charge on any atom is -0.486 e. The first-order valence-electron chi connectivity index (χ1n) is 5.66. The Morgan fingerprint density at radius 2 is 2.37 bits per heavy atom. The first-order chi connectivity index (χ1) is 9.13. The van der Waals surface area contributed by atoms with E-state index in [1.165, 1.54) is 19.1 Å². The van der Waals surface area contributed by atoms with Crippen molar-refractivity contribution in [1.29, 1.82) is 0 Å². The maximum Gasteiger partial charge on any atom is 0.217 e. The van der Waals surface area contributed by atoms with Crippen LogP contribution in [0, 0.1) is 5.82 Å². The van der Waals surface area contributed by atoms with Gasteiger partial charge in [-0.1, -0.05) is 6.07 Å². The Labute approximate surface area is 109 Å². The molecular weight excluding hydrogens is 251 g/mol. The Morgan fingerprint density at radius 3 is 3.11 bits per heavy atom. The van der Waals surface area contributed by atoms with Gasteiger partial charge < -0.3 is 10.1 Å². The summed E-state index contributed by atoms with van der Waals surface area (Å²) in [5, 5.41) is 9.18. The third kappa shape index (κ3) is 4.06. The lowest BCUT2D eigenvalue weighted by atomic mass is 10.3. The summed E-state index contributed by atoms with van der Waals surface area (Å²) in [6.07, 6.45) is 0. The fourth-order valence-electron chi connectivity index (χ4n) is 1.39. The van der Waals surface area contributed by atoms with E-state index in [2.05, 4.69) is 20.5 Å². The molecule has 0 aliphatic rings. The zero-order chi connectivity index (χ0) is 13.7. The fraction of sp³-hybridized carbons (Fsp3) is 0.250. The molecule has 0 bridgehead atoms. The number of hydrogen-bond acceptors (Lipinski definition) is 4. The van der Waals surface area contributed by atoms with Crippen molar-refractivity contribution in [2.75, 3.05) is 0 Å². The Hall–Kier alpha value is -2.44. The molecule has 2 N–H and O–H groups in total. The highest BCUT2D eigenvalue weighted by Crippen LogP contribution is 2.13. The molecule has 0 atom stereocenters. The van der Waals surface area contributed by atoms with Crippen molar-refractivity contribution in [2.45, 2.75) is 20.1 Å². The van der Waals surface area contributed by atoms with Crippen molar-refractivity contribution >= 4 is 5.91 Å². The SMILES string of the molecule is CC(=O)NCc1n[nH]c(COc2cccc(F)c2)n1. The number of rotatable bonds is 5. The van der Waals surface area contributed by atoms with Crippen molar-refractivity contribution in [1.82, 2.24) is 20.5 Å². The van der Waals surface area contributed by atoms with Crippen LogP contribution in [-0.4, -0.2) is 21.1 Å². The van der Waals surface area contributed by atoms with Crippen molar-refractivity contribution in [3.63, 3.8) is 0 Å². The van der Waals surface area contributed by atoms with Gasteiger partial charge in [-0.3, -0.25) is 9.89 Å². The average Bonchev–Trinajstić information content (AvgIpc) is 2.82. The zero-order valence-electron chi connectivity index (χ0n) is 10.3. The number of aromatic nitrogens is 3. The number of benzene rings is 1. The third-order valence-electron chi connectivity index (χ3n) is 2.25. The molecule has 0 fully saturated rings. The molecule has 0 unspecified atom stereocenters. The largest absolute Gasteiger partial charge is 0.486 e. The highest BCUT2D eigenvalue weighted by molar-refractivity contribution is 5.72. The lowest BCUT2D eigenvalue weighted by molar-refractivity contribution is -0.119. The van der Waals surface area contributed by atoms with Crippen molar-refractivity contribution < 1.29 is 13.9 Å². The number of H-pyrrole nitrogens is 1. The van der Waals surface area contributed by atoms with Crippen LogP contribution in [0.1, 0.15) is 18.6 Å². The number of carbonyl (C=O) groups excluding carboxylic acids is 1. The highest BCUT2D eigenvalue weighted by atomic mass is 19.1. The summed E-state index contributed by atoms with van der Waals surface area (Å²) in [5.41, 5.74) is 0. The third-order valence-corrected chi connectivity index (χ3v) is 2.25. The molecule has 100 valence electrons. The first kappa shape index (κ1) is 13.0. The van der Waals surface area contributed by atoms with Gasteiger partial charge in [0, 0.05) is 13.0 Å². The van der Waals surface area contributed by atoms with Gasteiger partial charge in [0.2, 0.25) is 5.91 Å². The van der Waals surface area contributed by atoms with Crippen LogP contribution in [0.15, 0.2) is 24.3 Å². The van der Waals surface area contributed by atoms with E-state index in [0.29, 0.717) is 17.4 Å². The lowest BCUT2D eigenvalue weighted by Crippen LogP contribution is -2.19. The lowest BCUT2D eigenvalue weighted by Gasteiger charge is -2.03. The second kappa shape index (κ2) is 5.94. The quantitative estimate of drug-likeness (QED) is 0.849. The number of amides is 1. The summed E-state index contributed by atoms with van der Waals surface area (Å²) in [5.74, 6) is 0.876. The van der Waals surface area contributed by atoms with Crippen LogP contribution in [0.4, 0.5) is 4.39 Å². The van der Waals surface area contributed by atoms with E-state index >= 15 is 0 Å². The molecule has 1 aromatic heterocycles. The van der Waals surface area contributed by atoms with E-state index in [1.54, 1.807) is 12.1 Å². The van der Waals surface area contributed by atoms with Gasteiger partial charge in [-0.2, -0.15) is 5.10 Å². The van der Waals surface area contributed by atoms with Crippen LogP contribution in [0.3, 0.4) is 0 Å². The molecular formula is C12H13FN4O2. The zero-order valence-corrected chi connectivity index (χ0v) is 10.3. The molecule has 0 saturated heterocycles. The molecule has 2 rings (SSSR count). The van der Waals surface area contributed by atoms with Crippen LogP contribution in [0.2, 0.25) is 0 Å². The Balaban J connectivity index is 1.88. The van der Waals surface area contributed by atoms with E-state index in [4.69, 9.17) is 4.74 Å². The molecule has 7 heteroatoms. The number of carbonyl (C=O) groups is 1. The van der Waals surface area contributed by atoms with Crippen molar-refractivity contribution in [3.05, 3.63) is 41.7 Å². The van der Waals surface area contributed by atoms with E-state index in [-0.39, 0.29) is 24.9 Å². The smallest absolute Gasteiger partial charge is 0.217 e. The fourth-order valence-corrected chi connectivity index (χ4v) is 1.39. The van der Waals surface area contributed by atoms with Gasteiger partial charge in [0.05, 0.1) is 6.54 Å². The minimum atomic E-state index is -0.360. The Kier molecular flexibility index (Phi) is 4.07. The van der Waals surface area contributed by atoms with Gasteiger partial charge in [0.1, 0.15) is 18.2 Å². The summed E-state index contributed by atoms with van der Waals surface area (Å²) in [6, 6.07) is 5.84. The van der Waals surface area contributed by atoms with Crippen molar-refractivity contribution in [2.24, 2.45) is 0 Å². The standard InChI is InChI=1S/C12H13FN4O2/c1-8(18)14-6-11-15-12(17-16-11)7-19-10-4-2-3-9(13)5-10/h2-5H,6-7H2,1H3,(H,14,18)(H,15,16,17). The van der Waals surface area contributed by atoms with Crippen LogP contribution in [0.5, 0.6) is 5.75 Å². The molecule has 0 saturated carbocycles. The second-order valence-corrected chi connectivity index (χ2v) is 3.85. The molecule has 2 aromatic rings. The van der Waals surface area contributed by atoms with Gasteiger partial charge >= 0.3 is 0 Å². The van der Waals surface area contributed by atoms with E-state index in [0.717, 1.165) is 0 Å². The molecule has 0 radical (unpaired) electrons. The maximum absolute atomic E-state index is 12.9. The van der Waals surface area contributed by atoms with E-state index in [1.807, 2.05) is 0 Å². The molecule has 1 heterocycles. The Bertz CT molecular complexity index is 570. The summed E-state index contributed by atoms with van der Waals surface area (Å²) in [6.45, 7) is 1.82. The van der Waals surface area contributed by atoms with Gasteiger partial charge in [-0.25, -0.2) is 9.37 Å².